The van der Waals surface area contributed by atoms with Gasteiger partial charge in [0, 0.05) is 4.88 Å². The summed E-state index contributed by atoms with van der Waals surface area (Å²) in [6, 6.07) is 0. The number of piperidine rings is 1. The molecule has 1 saturated heterocycles. The number of nitrogens with zero attached hydrogens (tertiary/aromatic N) is 1. The zero-order valence-electron chi connectivity index (χ0n) is 17.9. The number of aryl methyl sites for hydroxylation is 1. The van der Waals surface area contributed by atoms with E-state index in [0.29, 0.717) is 17.1 Å². The third kappa shape index (κ3) is 7.32. The zero-order chi connectivity index (χ0) is 23.0. The van der Waals surface area contributed by atoms with Crippen molar-refractivity contribution in [3.8, 4) is 0 Å². The van der Waals surface area contributed by atoms with Crippen LogP contribution in [0.25, 0.3) is 0 Å². The Morgan fingerprint density at radius 2 is 1.68 bits per heavy atom. The second kappa shape index (κ2) is 11.8. The number of methoxy groups -OCH3 is 1. The van der Waals surface area contributed by atoms with Gasteiger partial charge in [-0.05, 0) is 63.1 Å². The molecule has 0 unspecified atom stereocenters. The van der Waals surface area contributed by atoms with Crippen LogP contribution in [0.1, 0.15) is 59.8 Å². The van der Waals surface area contributed by atoms with E-state index in [1.165, 1.54) is 18.4 Å². The summed E-state index contributed by atoms with van der Waals surface area (Å²) in [5.74, 6) is -3.26. The van der Waals surface area contributed by atoms with Crippen LogP contribution in [0, 0.1) is 5.92 Å². The van der Waals surface area contributed by atoms with Crippen molar-refractivity contribution in [1.82, 2.24) is 4.90 Å². The van der Waals surface area contributed by atoms with Crippen LogP contribution in [0.5, 0.6) is 0 Å². The number of anilines is 1. The van der Waals surface area contributed by atoms with Gasteiger partial charge in [0.2, 0.25) is 5.91 Å². The molecule has 0 aromatic carbocycles. The molecule has 3 rings (SSSR count). The van der Waals surface area contributed by atoms with Crippen LogP contribution in [0.3, 0.4) is 0 Å². The number of hydrogen-bond donors (Lipinski definition) is 3. The first-order chi connectivity index (χ1) is 14.7. The second-order valence-electron chi connectivity index (χ2n) is 7.88. The average molecular weight is 455 g/mol. The molecule has 0 radical (unpaired) electrons. The Hall–Kier alpha value is -2.46. The van der Waals surface area contributed by atoms with E-state index in [9.17, 15) is 9.59 Å². The van der Waals surface area contributed by atoms with Crippen LogP contribution in [0.4, 0.5) is 5.00 Å². The number of thiophene rings is 1. The molecule has 1 fully saturated rings. The number of esters is 1. The van der Waals surface area contributed by atoms with E-state index >= 15 is 0 Å². The highest BCUT2D eigenvalue weighted by Crippen LogP contribution is 2.38. The maximum absolute atomic E-state index is 12.5. The van der Waals surface area contributed by atoms with E-state index in [-0.39, 0.29) is 11.9 Å². The Labute approximate surface area is 185 Å². The minimum absolute atomic E-state index is 0.0314. The first-order valence-electron chi connectivity index (χ1n) is 10.4. The standard InChI is InChI=1S/C19H28N2O3S.C2H2O4/c1-13-8-10-21(11-9-13)12-16(22)20-18-17(19(23)24-2)14-6-4-3-5-7-15(14)25-18;3-1(4)2(5)6/h13H,3-12H2,1-2H3,(H,20,22);(H,3,4)(H,5,6). The molecule has 172 valence electrons. The molecule has 1 aromatic rings. The van der Waals surface area contributed by atoms with Gasteiger partial charge in [0.1, 0.15) is 5.00 Å². The van der Waals surface area contributed by atoms with Crippen molar-refractivity contribution < 1.29 is 34.1 Å². The molecule has 1 amide bonds. The van der Waals surface area contributed by atoms with Crippen molar-refractivity contribution in [2.45, 2.75) is 51.9 Å². The minimum atomic E-state index is -1.82. The Morgan fingerprint density at radius 3 is 2.26 bits per heavy atom. The summed E-state index contributed by atoms with van der Waals surface area (Å²) in [5.41, 5.74) is 1.68. The summed E-state index contributed by atoms with van der Waals surface area (Å²) >= 11 is 1.56. The molecule has 31 heavy (non-hydrogen) atoms. The fourth-order valence-corrected chi connectivity index (χ4v) is 5.03. The van der Waals surface area contributed by atoms with Gasteiger partial charge in [-0.2, -0.15) is 0 Å². The molecule has 1 aromatic heterocycles. The maximum Gasteiger partial charge on any atom is 0.414 e. The molecule has 0 bridgehead atoms. The van der Waals surface area contributed by atoms with Crippen LogP contribution >= 0.6 is 11.3 Å². The number of carbonyl (C=O) groups excluding carboxylic acids is 2. The van der Waals surface area contributed by atoms with Gasteiger partial charge in [-0.15, -0.1) is 11.3 Å². The molecule has 0 saturated carbocycles. The third-order valence-corrected chi connectivity index (χ3v) is 6.70. The van der Waals surface area contributed by atoms with Gasteiger partial charge in [-0.1, -0.05) is 13.3 Å². The smallest absolute Gasteiger partial charge is 0.414 e. The monoisotopic (exact) mass is 454 g/mol. The summed E-state index contributed by atoms with van der Waals surface area (Å²) in [5, 5.41) is 18.5. The fourth-order valence-electron chi connectivity index (χ4n) is 3.74. The van der Waals surface area contributed by atoms with Crippen LogP contribution in [-0.4, -0.2) is 65.7 Å². The normalized spacial score (nSPS) is 16.8. The molecule has 2 heterocycles. The van der Waals surface area contributed by atoms with Crippen molar-refractivity contribution >= 4 is 40.2 Å². The number of carbonyl (C=O) groups is 4. The van der Waals surface area contributed by atoms with Gasteiger partial charge in [-0.3, -0.25) is 9.69 Å². The van der Waals surface area contributed by atoms with Crippen molar-refractivity contribution in [1.29, 1.82) is 0 Å². The zero-order valence-corrected chi connectivity index (χ0v) is 18.8. The predicted molar refractivity (Wildman–Crippen MR) is 116 cm³/mol. The molecular formula is C21H30N2O7S. The number of amides is 1. The highest BCUT2D eigenvalue weighted by molar-refractivity contribution is 7.17. The Balaban J connectivity index is 0.000000501. The number of carboxylic acid groups (broad SMARTS) is 2. The maximum atomic E-state index is 12.5. The van der Waals surface area contributed by atoms with Crippen molar-refractivity contribution in [2.75, 3.05) is 32.1 Å². The number of likely N-dealkylation sites (tertiary alicyclic amines) is 1. The molecule has 0 spiro atoms. The second-order valence-corrected chi connectivity index (χ2v) is 8.98. The molecule has 1 aliphatic heterocycles. The van der Waals surface area contributed by atoms with Crippen molar-refractivity contribution in [2.24, 2.45) is 5.92 Å². The number of ether oxygens (including phenoxy) is 1. The van der Waals surface area contributed by atoms with Crippen LogP contribution < -0.4 is 5.32 Å². The Morgan fingerprint density at radius 1 is 1.06 bits per heavy atom. The van der Waals surface area contributed by atoms with E-state index in [1.54, 1.807) is 11.3 Å². The lowest BCUT2D eigenvalue weighted by Crippen LogP contribution is -2.38. The molecule has 2 aliphatic rings. The highest BCUT2D eigenvalue weighted by Gasteiger charge is 2.27. The Kier molecular flexibility index (Phi) is 9.44. The van der Waals surface area contributed by atoms with E-state index in [0.717, 1.165) is 63.1 Å². The van der Waals surface area contributed by atoms with E-state index in [2.05, 4.69) is 17.1 Å². The lowest BCUT2D eigenvalue weighted by molar-refractivity contribution is -0.159. The number of carboxylic acids is 2. The van der Waals surface area contributed by atoms with Gasteiger partial charge in [0.05, 0.1) is 19.2 Å². The predicted octanol–water partition coefficient (Wildman–Crippen LogP) is 2.63. The van der Waals surface area contributed by atoms with Crippen LogP contribution in [0.15, 0.2) is 0 Å². The van der Waals surface area contributed by atoms with Gasteiger partial charge in [0.25, 0.3) is 0 Å². The Bertz CT molecular complexity index is 801. The summed E-state index contributed by atoms with van der Waals surface area (Å²) in [6.07, 6.45) is 7.61. The fraction of sp³-hybridized carbons (Fsp3) is 0.619. The number of hydrogen-bond acceptors (Lipinski definition) is 7. The average Bonchev–Trinajstić information content (AvgIpc) is 2.90. The largest absolute Gasteiger partial charge is 0.473 e. The SMILES string of the molecule is COC(=O)c1c(NC(=O)CN2CCC(C)CC2)sc2c1CCCCC2.O=C(O)C(=O)O. The van der Waals surface area contributed by atoms with Gasteiger partial charge >= 0.3 is 17.9 Å². The summed E-state index contributed by atoms with van der Waals surface area (Å²) in [4.78, 5) is 46.5. The quantitative estimate of drug-likeness (QED) is 0.359. The number of aliphatic carboxylic acids is 2. The molecule has 1 aliphatic carbocycles. The van der Waals surface area contributed by atoms with Crippen molar-refractivity contribution in [3.63, 3.8) is 0 Å². The number of nitrogens with one attached hydrogen (secondary N) is 1. The number of rotatable bonds is 4. The van der Waals surface area contributed by atoms with E-state index < -0.39 is 11.9 Å². The summed E-state index contributed by atoms with van der Waals surface area (Å²) in [6.45, 7) is 4.60. The van der Waals surface area contributed by atoms with Gasteiger partial charge < -0.3 is 20.3 Å². The molecular weight excluding hydrogens is 424 g/mol. The molecule has 0 atom stereocenters. The van der Waals surface area contributed by atoms with Crippen molar-refractivity contribution in [3.05, 3.63) is 16.0 Å². The van der Waals surface area contributed by atoms with Gasteiger partial charge in [0.15, 0.2) is 0 Å². The van der Waals surface area contributed by atoms with E-state index in [1.807, 2.05) is 0 Å². The third-order valence-electron chi connectivity index (χ3n) is 5.49. The topological polar surface area (TPSA) is 133 Å². The first kappa shape index (κ1) is 24.8. The highest BCUT2D eigenvalue weighted by atomic mass is 32.1. The minimum Gasteiger partial charge on any atom is -0.473 e. The number of fused-ring (bicyclic) bond motifs is 1. The van der Waals surface area contributed by atoms with Crippen LogP contribution in [-0.2, 0) is 32.0 Å². The first-order valence-corrected chi connectivity index (χ1v) is 11.3. The summed E-state index contributed by atoms with van der Waals surface area (Å²) in [7, 11) is 1.41. The molecule has 9 nitrogen and oxygen atoms in total. The molecule has 10 heteroatoms. The van der Waals surface area contributed by atoms with E-state index in [4.69, 9.17) is 24.5 Å². The lowest BCUT2D eigenvalue weighted by atomic mass is 9.99. The van der Waals surface area contributed by atoms with Crippen LogP contribution in [0.2, 0.25) is 0 Å². The lowest BCUT2D eigenvalue weighted by Gasteiger charge is -2.29. The molecule has 3 N–H and O–H groups in total. The summed E-state index contributed by atoms with van der Waals surface area (Å²) < 4.78 is 4.99. The van der Waals surface area contributed by atoms with Gasteiger partial charge in [-0.25, -0.2) is 14.4 Å².